The summed E-state index contributed by atoms with van der Waals surface area (Å²) >= 11 is 6.24. The van der Waals surface area contributed by atoms with Gasteiger partial charge in [-0.25, -0.2) is 9.97 Å². The van der Waals surface area contributed by atoms with Crippen LogP contribution in [-0.4, -0.2) is 67.0 Å². The van der Waals surface area contributed by atoms with Gasteiger partial charge in [0.1, 0.15) is 21.4 Å². The summed E-state index contributed by atoms with van der Waals surface area (Å²) in [7, 11) is 0. The largest absolute Gasteiger partial charge is 0.370 e. The van der Waals surface area contributed by atoms with E-state index >= 15 is 0 Å². The van der Waals surface area contributed by atoms with Crippen molar-refractivity contribution >= 4 is 85.8 Å². The molecule has 3 aliphatic heterocycles. The summed E-state index contributed by atoms with van der Waals surface area (Å²) in [5, 5.41) is 19.7. The molecule has 7 N–H and O–H groups in total. The number of hydrogen-bond acceptors (Lipinski definition) is 13. The third-order valence-electron chi connectivity index (χ3n) is 12.4. The predicted molar refractivity (Wildman–Crippen MR) is 251 cm³/mol. The lowest BCUT2D eigenvalue weighted by Crippen LogP contribution is -2.50. The number of amides is 3. The van der Waals surface area contributed by atoms with Crippen LogP contribution in [0.3, 0.4) is 0 Å². The van der Waals surface area contributed by atoms with Gasteiger partial charge in [-0.1, -0.05) is 18.2 Å². The first-order valence-electron chi connectivity index (χ1n) is 20.9. The minimum atomic E-state index is -0.506. The standard InChI is InChI=1S/C45H49N9O3S4/c46-16-12-28-6-3-18-54(24-28)36-22-29(40(47)55)10-11-32(36)50-42(57)34-27-61-44(52-34)38-23-30(25-59-38)39-45(13-5-17-48-39)14-19-53(20-15-45)35-8-2-1-7-31(35)49-41(56)33-26-60-43(51-33)37-9-4-21-58-37/h1-2,4,7-11,21-23,25-28,39,48H,3,5-6,12-20,24,46H2,(H2,47,55)(H,49,56)(H,50,57). The zero-order valence-electron chi connectivity index (χ0n) is 33.7. The molecule has 0 bridgehead atoms. The van der Waals surface area contributed by atoms with E-state index in [0.717, 1.165) is 115 Å². The second-order valence-electron chi connectivity index (χ2n) is 16.2. The first-order chi connectivity index (χ1) is 29.8. The number of nitrogens with one attached hydrogen (secondary N) is 3. The average Bonchev–Trinajstić information content (AvgIpc) is 4.13. The Balaban J connectivity index is 0.865. The molecule has 4 aromatic heterocycles. The quantitative estimate of drug-likeness (QED) is 0.0805. The summed E-state index contributed by atoms with van der Waals surface area (Å²) < 4.78 is 0. The molecule has 316 valence electrons. The van der Waals surface area contributed by atoms with Crippen LogP contribution in [0.2, 0.25) is 0 Å². The lowest BCUT2D eigenvalue weighted by Gasteiger charge is -2.50. The second kappa shape index (κ2) is 18.2. The predicted octanol–water partition coefficient (Wildman–Crippen LogP) is 8.94. The van der Waals surface area contributed by atoms with Gasteiger partial charge in [0.05, 0.1) is 32.5 Å². The molecule has 0 aliphatic carbocycles. The van der Waals surface area contributed by atoms with Gasteiger partial charge in [0.2, 0.25) is 5.91 Å². The molecule has 3 aliphatic rings. The molecule has 3 amide bonds. The highest BCUT2D eigenvalue weighted by molar-refractivity contribution is 7.20. The fourth-order valence-electron chi connectivity index (χ4n) is 9.28. The second-order valence-corrected chi connectivity index (χ2v) is 19.8. The number of benzene rings is 2. The van der Waals surface area contributed by atoms with Gasteiger partial charge in [-0.05, 0) is 128 Å². The summed E-state index contributed by atoms with van der Waals surface area (Å²) in [6.07, 6.45) is 7.36. The first-order valence-corrected chi connectivity index (χ1v) is 24.4. The number of hydrogen-bond donors (Lipinski definition) is 5. The van der Waals surface area contributed by atoms with Crippen molar-refractivity contribution in [3.05, 3.63) is 105 Å². The molecule has 1 spiro atoms. The minimum absolute atomic E-state index is 0.0957. The molecule has 2 atom stereocenters. The van der Waals surface area contributed by atoms with Gasteiger partial charge >= 0.3 is 0 Å². The number of carbonyl (C=O) groups excluding carboxylic acids is 3. The molecule has 61 heavy (non-hydrogen) atoms. The van der Waals surface area contributed by atoms with Gasteiger partial charge in [0.15, 0.2) is 0 Å². The van der Waals surface area contributed by atoms with Crippen LogP contribution in [0.1, 0.15) is 87.9 Å². The number of anilines is 4. The van der Waals surface area contributed by atoms with Crippen LogP contribution >= 0.6 is 45.3 Å². The molecular weight excluding hydrogens is 843 g/mol. The van der Waals surface area contributed by atoms with E-state index in [0.29, 0.717) is 35.1 Å². The Bertz CT molecular complexity index is 2500. The molecule has 2 aromatic carbocycles. The SMILES string of the molecule is NCCC1CCCN(c2cc(C(N)=O)ccc2NC(=O)c2csc(-c3cc(C4NCCCC45CCN(c4ccccc4NC(=O)c4csc(-c6cccs6)n4)CC5)cs3)n2)C1. The van der Waals surface area contributed by atoms with Crippen LogP contribution < -0.4 is 37.2 Å². The number of carbonyl (C=O) groups is 3. The monoisotopic (exact) mass is 891 g/mol. The number of para-hydroxylation sites is 2. The van der Waals surface area contributed by atoms with Crippen molar-refractivity contribution in [2.75, 3.05) is 59.7 Å². The topological polar surface area (TPSA) is 172 Å². The number of thiophene rings is 2. The third-order valence-corrected chi connectivity index (χ3v) is 16.2. The van der Waals surface area contributed by atoms with E-state index in [-0.39, 0.29) is 23.3 Å². The normalized spacial score (nSPS) is 18.9. The van der Waals surface area contributed by atoms with E-state index in [1.165, 1.54) is 28.2 Å². The van der Waals surface area contributed by atoms with Crippen molar-refractivity contribution in [3.63, 3.8) is 0 Å². The van der Waals surface area contributed by atoms with Crippen LogP contribution in [0, 0.1) is 11.3 Å². The van der Waals surface area contributed by atoms with Gasteiger partial charge in [-0.2, -0.15) is 0 Å². The minimum Gasteiger partial charge on any atom is -0.370 e. The molecule has 3 fully saturated rings. The Hall–Kier alpha value is -4.97. The highest BCUT2D eigenvalue weighted by atomic mass is 32.1. The number of rotatable bonds is 12. The Morgan fingerprint density at radius 2 is 1.51 bits per heavy atom. The molecular formula is C45H49N9O3S4. The molecule has 9 rings (SSSR count). The average molecular weight is 892 g/mol. The van der Waals surface area contributed by atoms with Crippen molar-refractivity contribution < 1.29 is 14.4 Å². The molecule has 0 radical (unpaired) electrons. The van der Waals surface area contributed by atoms with Gasteiger partial charge in [-0.15, -0.1) is 45.3 Å². The van der Waals surface area contributed by atoms with Crippen molar-refractivity contribution in [1.82, 2.24) is 15.3 Å². The molecule has 2 unspecified atom stereocenters. The Kier molecular flexibility index (Phi) is 12.3. The lowest BCUT2D eigenvalue weighted by atomic mass is 9.66. The highest BCUT2D eigenvalue weighted by Gasteiger charge is 2.44. The van der Waals surface area contributed by atoms with E-state index < -0.39 is 5.91 Å². The maximum Gasteiger partial charge on any atom is 0.275 e. The Morgan fingerprint density at radius 3 is 2.23 bits per heavy atom. The number of nitrogens with two attached hydrogens (primary N) is 2. The molecule has 0 saturated carbocycles. The third kappa shape index (κ3) is 8.88. The summed E-state index contributed by atoms with van der Waals surface area (Å²) in [5.41, 5.74) is 17.3. The Labute approximate surface area is 371 Å². The van der Waals surface area contributed by atoms with Crippen LogP contribution in [0.25, 0.3) is 19.8 Å². The van der Waals surface area contributed by atoms with Gasteiger partial charge in [-0.3, -0.25) is 14.4 Å². The summed E-state index contributed by atoms with van der Waals surface area (Å²) in [5.74, 6) is -0.551. The van der Waals surface area contributed by atoms with E-state index in [9.17, 15) is 14.4 Å². The van der Waals surface area contributed by atoms with E-state index in [2.05, 4.69) is 48.2 Å². The van der Waals surface area contributed by atoms with Crippen LogP contribution in [0.4, 0.5) is 22.7 Å². The van der Waals surface area contributed by atoms with Crippen molar-refractivity contribution in [2.45, 2.75) is 51.0 Å². The van der Waals surface area contributed by atoms with Crippen LogP contribution in [-0.2, 0) is 0 Å². The summed E-state index contributed by atoms with van der Waals surface area (Å²) in [6, 6.07) is 19.7. The van der Waals surface area contributed by atoms with Gasteiger partial charge in [0, 0.05) is 48.5 Å². The number of aromatic nitrogens is 2. The summed E-state index contributed by atoms with van der Waals surface area (Å²) in [6.45, 7) is 4.98. The van der Waals surface area contributed by atoms with Crippen LogP contribution in [0.15, 0.2) is 82.2 Å². The van der Waals surface area contributed by atoms with Crippen molar-refractivity contribution in [2.24, 2.45) is 22.8 Å². The molecule has 3 saturated heterocycles. The number of thiazole rings is 2. The molecule has 7 heterocycles. The fourth-order valence-corrected chi connectivity index (χ4v) is 12.7. The first kappa shape index (κ1) is 41.4. The maximum absolute atomic E-state index is 13.7. The smallest absolute Gasteiger partial charge is 0.275 e. The van der Waals surface area contributed by atoms with Crippen molar-refractivity contribution in [1.29, 1.82) is 0 Å². The number of nitrogens with zero attached hydrogens (tertiary/aromatic N) is 4. The zero-order valence-corrected chi connectivity index (χ0v) is 37.0. The van der Waals surface area contributed by atoms with Gasteiger partial charge in [0.25, 0.3) is 11.8 Å². The highest BCUT2D eigenvalue weighted by Crippen LogP contribution is 2.51. The van der Waals surface area contributed by atoms with E-state index in [1.807, 2.05) is 46.5 Å². The molecule has 6 aromatic rings. The van der Waals surface area contributed by atoms with Crippen LogP contribution in [0.5, 0.6) is 0 Å². The molecule has 12 nitrogen and oxygen atoms in total. The maximum atomic E-state index is 13.7. The van der Waals surface area contributed by atoms with Gasteiger partial charge < -0.3 is 37.2 Å². The zero-order chi connectivity index (χ0) is 41.9. The fraction of sp³-hybridized carbons (Fsp3) is 0.356. The molecule has 16 heteroatoms. The number of primary amides is 1. The van der Waals surface area contributed by atoms with Crippen molar-refractivity contribution in [3.8, 4) is 19.8 Å². The van der Waals surface area contributed by atoms with E-state index in [4.69, 9.17) is 16.5 Å². The van der Waals surface area contributed by atoms with E-state index in [1.54, 1.807) is 40.9 Å². The Morgan fingerprint density at radius 1 is 0.770 bits per heavy atom. The lowest BCUT2D eigenvalue weighted by molar-refractivity contribution is 0.0978. The summed E-state index contributed by atoms with van der Waals surface area (Å²) in [4.78, 5) is 55.4. The number of piperidine rings is 3.